The largest absolute Gasteiger partial charge is 0.475 e. The maximum atomic E-state index is 11.2. The monoisotopic (exact) mass is 313 g/mol. The Labute approximate surface area is 131 Å². The van der Waals surface area contributed by atoms with Crippen molar-refractivity contribution in [2.45, 2.75) is 6.92 Å². The Hall–Kier alpha value is -2.66. The van der Waals surface area contributed by atoms with Crippen LogP contribution in [0.5, 0.6) is 0 Å². The van der Waals surface area contributed by atoms with Gasteiger partial charge >= 0.3 is 5.97 Å². The Morgan fingerprint density at radius 2 is 1.91 bits per heavy atom. The molecule has 0 saturated heterocycles. The number of nitrogens with zero attached hydrogens (tertiary/aromatic N) is 3. The third-order valence-corrected chi connectivity index (χ3v) is 3.40. The number of carboxylic acid groups (broad SMARTS) is 1. The number of rotatable bonds is 3. The van der Waals surface area contributed by atoms with Crippen molar-refractivity contribution in [1.82, 2.24) is 14.8 Å². The lowest BCUT2D eigenvalue weighted by atomic mass is 10.1. The number of carboxylic acids is 1. The summed E-state index contributed by atoms with van der Waals surface area (Å²) in [6.45, 7) is 1.96. The normalized spacial score (nSPS) is 10.6. The Kier molecular flexibility index (Phi) is 3.65. The Balaban J connectivity index is 2.20. The lowest BCUT2D eigenvalue weighted by Crippen LogP contribution is -2.02. The molecular formula is C16H12ClN3O2. The topological polar surface area (TPSA) is 68.0 Å². The predicted octanol–water partition coefficient (Wildman–Crippen LogP) is 3.59. The van der Waals surface area contributed by atoms with Gasteiger partial charge in [0, 0.05) is 10.6 Å². The highest BCUT2D eigenvalue weighted by Gasteiger charge is 2.17. The lowest BCUT2D eigenvalue weighted by molar-refractivity contribution is 0.0683. The summed E-state index contributed by atoms with van der Waals surface area (Å²) in [6.07, 6.45) is 0. The summed E-state index contributed by atoms with van der Waals surface area (Å²) in [4.78, 5) is 15.3. The van der Waals surface area contributed by atoms with Crippen molar-refractivity contribution in [2.24, 2.45) is 0 Å². The molecule has 0 amide bonds. The minimum absolute atomic E-state index is 0.244. The van der Waals surface area contributed by atoms with E-state index in [-0.39, 0.29) is 5.82 Å². The third-order valence-electron chi connectivity index (χ3n) is 3.15. The molecule has 0 aliphatic heterocycles. The van der Waals surface area contributed by atoms with Crippen LogP contribution in [0.1, 0.15) is 16.2 Å². The summed E-state index contributed by atoms with van der Waals surface area (Å²) in [5, 5.41) is 13.8. The van der Waals surface area contributed by atoms with Crippen molar-refractivity contribution in [2.75, 3.05) is 0 Å². The Morgan fingerprint density at radius 3 is 2.55 bits per heavy atom. The van der Waals surface area contributed by atoms with Gasteiger partial charge in [0.1, 0.15) is 0 Å². The average Bonchev–Trinajstić information content (AvgIpc) is 2.93. The highest BCUT2D eigenvalue weighted by atomic mass is 35.5. The Bertz CT molecular complexity index is 841. The zero-order valence-corrected chi connectivity index (χ0v) is 12.4. The van der Waals surface area contributed by atoms with E-state index in [0.29, 0.717) is 16.5 Å². The summed E-state index contributed by atoms with van der Waals surface area (Å²) < 4.78 is 1.51. The molecule has 0 fully saturated rings. The van der Waals surface area contributed by atoms with E-state index in [4.69, 9.17) is 16.7 Å². The summed E-state index contributed by atoms with van der Waals surface area (Å²) in [6, 6.07) is 14.6. The first-order chi connectivity index (χ1) is 10.5. The number of halogens is 1. The van der Waals surface area contributed by atoms with Crippen LogP contribution in [0.15, 0.2) is 48.5 Å². The zero-order chi connectivity index (χ0) is 15.7. The van der Waals surface area contributed by atoms with Gasteiger partial charge < -0.3 is 5.11 Å². The fraction of sp³-hybridized carbons (Fsp3) is 0.0625. The maximum absolute atomic E-state index is 11.2. The SMILES string of the molecule is Cc1cccc(-c2nc(C(=O)O)nn2-c2ccc(Cl)cc2)c1. The first-order valence-corrected chi connectivity index (χ1v) is 6.96. The van der Waals surface area contributed by atoms with Gasteiger partial charge in [-0.1, -0.05) is 35.4 Å². The smallest absolute Gasteiger partial charge is 0.375 e. The van der Waals surface area contributed by atoms with E-state index in [1.807, 2.05) is 31.2 Å². The molecule has 0 saturated carbocycles. The molecule has 0 spiro atoms. The van der Waals surface area contributed by atoms with Crippen LogP contribution < -0.4 is 0 Å². The van der Waals surface area contributed by atoms with Crippen LogP contribution in [0.3, 0.4) is 0 Å². The molecule has 110 valence electrons. The van der Waals surface area contributed by atoms with E-state index < -0.39 is 5.97 Å². The standard InChI is InChI=1S/C16H12ClN3O2/c1-10-3-2-4-11(9-10)15-18-14(16(21)22)19-20(15)13-7-5-12(17)6-8-13/h2-9H,1H3,(H,21,22). The molecule has 0 aliphatic carbocycles. The van der Waals surface area contributed by atoms with Crippen molar-refractivity contribution in [1.29, 1.82) is 0 Å². The van der Waals surface area contributed by atoms with Gasteiger partial charge in [-0.15, -0.1) is 5.10 Å². The fourth-order valence-electron chi connectivity index (χ4n) is 2.14. The Morgan fingerprint density at radius 1 is 1.18 bits per heavy atom. The van der Waals surface area contributed by atoms with Crippen LogP contribution in [-0.2, 0) is 0 Å². The number of carbonyl (C=O) groups is 1. The molecular weight excluding hydrogens is 302 g/mol. The van der Waals surface area contributed by atoms with E-state index >= 15 is 0 Å². The van der Waals surface area contributed by atoms with Gasteiger partial charge in [0.2, 0.25) is 0 Å². The molecule has 0 atom stereocenters. The second-order valence-corrected chi connectivity index (χ2v) is 5.26. The van der Waals surface area contributed by atoms with E-state index in [2.05, 4.69) is 10.1 Å². The number of aryl methyl sites for hydroxylation is 1. The van der Waals surface area contributed by atoms with Crippen LogP contribution in [0, 0.1) is 6.92 Å². The number of benzene rings is 2. The van der Waals surface area contributed by atoms with Crippen LogP contribution >= 0.6 is 11.6 Å². The highest BCUT2D eigenvalue weighted by molar-refractivity contribution is 6.30. The molecule has 1 aromatic heterocycles. The summed E-state index contributed by atoms with van der Waals surface area (Å²) >= 11 is 5.89. The van der Waals surface area contributed by atoms with Crippen LogP contribution in [-0.4, -0.2) is 25.8 Å². The number of aromatic carboxylic acids is 1. The second-order valence-electron chi connectivity index (χ2n) is 4.82. The fourth-order valence-corrected chi connectivity index (χ4v) is 2.26. The lowest BCUT2D eigenvalue weighted by Gasteiger charge is -2.06. The minimum atomic E-state index is -1.17. The summed E-state index contributed by atoms with van der Waals surface area (Å²) in [5.74, 6) is -0.934. The van der Waals surface area contributed by atoms with E-state index in [1.54, 1.807) is 24.3 Å². The molecule has 2 aromatic carbocycles. The molecule has 0 unspecified atom stereocenters. The predicted molar refractivity (Wildman–Crippen MR) is 83.5 cm³/mol. The molecule has 0 radical (unpaired) electrons. The van der Waals surface area contributed by atoms with Crippen molar-refractivity contribution < 1.29 is 9.90 Å². The number of hydrogen-bond acceptors (Lipinski definition) is 3. The minimum Gasteiger partial charge on any atom is -0.475 e. The quantitative estimate of drug-likeness (QED) is 0.802. The summed E-state index contributed by atoms with van der Waals surface area (Å²) in [7, 11) is 0. The molecule has 0 aliphatic rings. The van der Waals surface area contributed by atoms with E-state index in [9.17, 15) is 4.79 Å². The van der Waals surface area contributed by atoms with Gasteiger partial charge in [-0.25, -0.2) is 14.5 Å². The van der Waals surface area contributed by atoms with Gasteiger partial charge in [-0.2, -0.15) is 0 Å². The average molecular weight is 314 g/mol. The van der Waals surface area contributed by atoms with Gasteiger partial charge in [0.05, 0.1) is 5.69 Å². The van der Waals surface area contributed by atoms with E-state index in [1.165, 1.54) is 4.68 Å². The van der Waals surface area contributed by atoms with Gasteiger partial charge in [-0.3, -0.25) is 0 Å². The number of aromatic nitrogens is 3. The second kappa shape index (κ2) is 5.61. The molecule has 1 heterocycles. The molecule has 6 heteroatoms. The van der Waals surface area contributed by atoms with Crippen LogP contribution in [0.25, 0.3) is 17.1 Å². The summed E-state index contributed by atoms with van der Waals surface area (Å²) in [5.41, 5.74) is 2.55. The molecule has 1 N–H and O–H groups in total. The first kappa shape index (κ1) is 14.3. The molecule has 3 aromatic rings. The first-order valence-electron chi connectivity index (χ1n) is 6.58. The van der Waals surface area contributed by atoms with Crippen molar-refractivity contribution in [3.63, 3.8) is 0 Å². The van der Waals surface area contributed by atoms with Gasteiger partial charge in [0.15, 0.2) is 5.82 Å². The molecule has 5 nitrogen and oxygen atoms in total. The third kappa shape index (κ3) is 2.71. The number of hydrogen-bond donors (Lipinski definition) is 1. The molecule has 3 rings (SSSR count). The van der Waals surface area contributed by atoms with Crippen molar-refractivity contribution in [3.8, 4) is 17.1 Å². The molecule has 22 heavy (non-hydrogen) atoms. The maximum Gasteiger partial charge on any atom is 0.375 e. The van der Waals surface area contributed by atoms with Crippen molar-refractivity contribution >= 4 is 17.6 Å². The van der Waals surface area contributed by atoms with Crippen LogP contribution in [0.2, 0.25) is 5.02 Å². The highest BCUT2D eigenvalue weighted by Crippen LogP contribution is 2.23. The van der Waals surface area contributed by atoms with Crippen LogP contribution in [0.4, 0.5) is 0 Å². The molecule has 0 bridgehead atoms. The van der Waals surface area contributed by atoms with Gasteiger partial charge in [-0.05, 0) is 37.3 Å². The van der Waals surface area contributed by atoms with Crippen molar-refractivity contribution in [3.05, 3.63) is 64.9 Å². The zero-order valence-electron chi connectivity index (χ0n) is 11.7. The van der Waals surface area contributed by atoms with E-state index in [0.717, 1.165) is 11.1 Å². The van der Waals surface area contributed by atoms with Gasteiger partial charge in [0.25, 0.3) is 5.82 Å².